The third-order valence-electron chi connectivity index (χ3n) is 6.12. The Morgan fingerprint density at radius 3 is 1.94 bits per heavy atom. The number of aliphatic hydroxyl groups is 9. The average Bonchev–Trinajstić information content (AvgIpc) is 2.78. The molecule has 3 saturated heterocycles. The Morgan fingerprint density at radius 2 is 1.31 bits per heavy atom. The van der Waals surface area contributed by atoms with Crippen molar-refractivity contribution in [1.29, 1.82) is 0 Å². The molecule has 0 spiro atoms. The highest BCUT2D eigenvalue weighted by Gasteiger charge is 2.51. The molecule has 0 aromatic rings. The summed E-state index contributed by atoms with van der Waals surface area (Å²) in [6.07, 6.45) is -18.7. The molecule has 3 rings (SSSR count). The third kappa shape index (κ3) is 5.08. The fourth-order valence-electron chi connectivity index (χ4n) is 4.08. The molecule has 10 N–H and O–H groups in total. The molecular weight excluding hydrogens is 438 g/mol. The number of piperidine rings is 1. The molecule has 0 amide bonds. The first-order chi connectivity index (χ1) is 15.1. The highest BCUT2D eigenvalue weighted by Crippen LogP contribution is 2.30. The van der Waals surface area contributed by atoms with Crippen LogP contribution in [0.3, 0.4) is 0 Å². The molecule has 0 radical (unpaired) electrons. The van der Waals surface area contributed by atoms with E-state index in [1.54, 1.807) is 0 Å². The van der Waals surface area contributed by atoms with E-state index in [0.29, 0.717) is 0 Å². The quantitative estimate of drug-likeness (QED) is 0.174. The van der Waals surface area contributed by atoms with Crippen molar-refractivity contribution in [2.45, 2.75) is 92.7 Å². The lowest BCUT2D eigenvalue weighted by Gasteiger charge is -2.47. The molecule has 14 nitrogen and oxygen atoms in total. The van der Waals surface area contributed by atoms with Crippen LogP contribution in [-0.2, 0) is 18.9 Å². The standard InChI is InChI=1S/C18H33NO13/c1-5-9(23)11(25)13(27)17(29-5)32-16-8(4-21)30-18(14(28)12(16)26)31-15-6(3-20)19-2-7(22)10(15)24/h5-28H,2-4H2,1H3. The van der Waals surface area contributed by atoms with Crippen LogP contribution in [0.25, 0.3) is 0 Å². The first-order valence-corrected chi connectivity index (χ1v) is 10.4. The third-order valence-corrected chi connectivity index (χ3v) is 6.12. The summed E-state index contributed by atoms with van der Waals surface area (Å²) in [5, 5.41) is 93.1. The van der Waals surface area contributed by atoms with E-state index in [1.165, 1.54) is 6.92 Å². The van der Waals surface area contributed by atoms with Gasteiger partial charge in [0.25, 0.3) is 0 Å². The van der Waals surface area contributed by atoms with Crippen molar-refractivity contribution in [2.24, 2.45) is 0 Å². The van der Waals surface area contributed by atoms with E-state index < -0.39 is 99.0 Å². The van der Waals surface area contributed by atoms with E-state index >= 15 is 0 Å². The Bertz CT molecular complexity index is 597. The van der Waals surface area contributed by atoms with E-state index in [0.717, 1.165) is 0 Å². The van der Waals surface area contributed by atoms with Gasteiger partial charge in [-0.1, -0.05) is 0 Å². The maximum Gasteiger partial charge on any atom is 0.187 e. The van der Waals surface area contributed by atoms with Crippen molar-refractivity contribution >= 4 is 0 Å². The maximum absolute atomic E-state index is 10.6. The van der Waals surface area contributed by atoms with Gasteiger partial charge in [-0.25, -0.2) is 0 Å². The van der Waals surface area contributed by atoms with Crippen LogP contribution in [0.5, 0.6) is 0 Å². The second-order valence-corrected chi connectivity index (χ2v) is 8.34. The zero-order chi connectivity index (χ0) is 23.7. The van der Waals surface area contributed by atoms with Gasteiger partial charge < -0.3 is 70.2 Å². The molecule has 3 heterocycles. The Hall–Kier alpha value is -0.560. The van der Waals surface area contributed by atoms with Crippen LogP contribution in [0.1, 0.15) is 6.92 Å². The second kappa shape index (κ2) is 10.8. The number of ether oxygens (including phenoxy) is 4. The summed E-state index contributed by atoms with van der Waals surface area (Å²) >= 11 is 0. The van der Waals surface area contributed by atoms with Crippen LogP contribution in [0.4, 0.5) is 0 Å². The molecule has 0 aromatic heterocycles. The second-order valence-electron chi connectivity index (χ2n) is 8.34. The van der Waals surface area contributed by atoms with Crippen molar-refractivity contribution in [3.63, 3.8) is 0 Å². The molecule has 3 aliphatic heterocycles. The Morgan fingerprint density at radius 1 is 0.719 bits per heavy atom. The molecule has 14 unspecified atom stereocenters. The van der Waals surface area contributed by atoms with E-state index in [4.69, 9.17) is 18.9 Å². The molecule has 188 valence electrons. The predicted molar refractivity (Wildman–Crippen MR) is 101 cm³/mol. The van der Waals surface area contributed by atoms with Crippen molar-refractivity contribution in [2.75, 3.05) is 19.8 Å². The summed E-state index contributed by atoms with van der Waals surface area (Å²) in [7, 11) is 0. The minimum atomic E-state index is -1.76. The minimum Gasteiger partial charge on any atom is -0.395 e. The van der Waals surface area contributed by atoms with Gasteiger partial charge in [-0.15, -0.1) is 0 Å². The molecular formula is C18H33NO13. The summed E-state index contributed by atoms with van der Waals surface area (Å²) in [4.78, 5) is 0. The van der Waals surface area contributed by atoms with Gasteiger partial charge in [-0.3, -0.25) is 0 Å². The summed E-state index contributed by atoms with van der Waals surface area (Å²) in [6.45, 7) is 0.260. The normalized spacial score (nSPS) is 52.7. The molecule has 14 heteroatoms. The summed E-state index contributed by atoms with van der Waals surface area (Å²) in [5.74, 6) is 0. The predicted octanol–water partition coefficient (Wildman–Crippen LogP) is -6.29. The van der Waals surface area contributed by atoms with Crippen molar-refractivity contribution in [3.8, 4) is 0 Å². The zero-order valence-corrected chi connectivity index (χ0v) is 17.4. The Labute approximate surface area is 183 Å². The van der Waals surface area contributed by atoms with Gasteiger partial charge in [0, 0.05) is 6.54 Å². The number of rotatable bonds is 6. The molecule has 0 aliphatic carbocycles. The molecule has 0 bridgehead atoms. The largest absolute Gasteiger partial charge is 0.395 e. The van der Waals surface area contributed by atoms with Crippen LogP contribution in [-0.4, -0.2) is 151 Å². The van der Waals surface area contributed by atoms with Crippen LogP contribution in [0.2, 0.25) is 0 Å². The van der Waals surface area contributed by atoms with Gasteiger partial charge >= 0.3 is 0 Å². The topological polar surface area (TPSA) is 231 Å². The SMILES string of the molecule is CC1OC(OC2C(CO)OC(OC3C(CO)NCC(O)C3O)C(O)C2O)C(O)C(O)C1O. The molecule has 3 aliphatic rings. The van der Waals surface area contributed by atoms with Crippen LogP contribution < -0.4 is 5.32 Å². The van der Waals surface area contributed by atoms with Gasteiger partial charge in [0.05, 0.1) is 31.5 Å². The van der Waals surface area contributed by atoms with Gasteiger partial charge in [0.15, 0.2) is 12.6 Å². The highest BCUT2D eigenvalue weighted by molar-refractivity contribution is 4.97. The van der Waals surface area contributed by atoms with Gasteiger partial charge in [0.2, 0.25) is 0 Å². The lowest BCUT2D eigenvalue weighted by molar-refractivity contribution is -0.364. The van der Waals surface area contributed by atoms with Crippen molar-refractivity contribution < 1.29 is 64.9 Å². The van der Waals surface area contributed by atoms with Crippen LogP contribution in [0, 0.1) is 0 Å². The monoisotopic (exact) mass is 471 g/mol. The number of hydrogen-bond donors (Lipinski definition) is 10. The zero-order valence-electron chi connectivity index (χ0n) is 17.4. The Kier molecular flexibility index (Phi) is 8.79. The van der Waals surface area contributed by atoms with Crippen LogP contribution >= 0.6 is 0 Å². The van der Waals surface area contributed by atoms with Gasteiger partial charge in [0.1, 0.15) is 54.9 Å². The highest BCUT2D eigenvalue weighted by atomic mass is 16.7. The maximum atomic E-state index is 10.6. The smallest absolute Gasteiger partial charge is 0.187 e. The molecule has 0 aromatic carbocycles. The van der Waals surface area contributed by atoms with E-state index in [1.807, 2.05) is 0 Å². The first-order valence-electron chi connectivity index (χ1n) is 10.4. The first kappa shape index (κ1) is 26.1. The van der Waals surface area contributed by atoms with Gasteiger partial charge in [-0.05, 0) is 6.92 Å². The minimum absolute atomic E-state index is 0.000814. The van der Waals surface area contributed by atoms with E-state index in [2.05, 4.69) is 5.32 Å². The number of β-amino-alcohol motifs (C(OH)–C–C–N with tert-alkyl or cyclic N) is 1. The van der Waals surface area contributed by atoms with E-state index in [-0.39, 0.29) is 6.54 Å². The van der Waals surface area contributed by atoms with Crippen LogP contribution in [0.15, 0.2) is 0 Å². The Balaban J connectivity index is 1.70. The number of aliphatic hydroxyl groups excluding tert-OH is 9. The molecule has 32 heavy (non-hydrogen) atoms. The number of nitrogens with one attached hydrogen (secondary N) is 1. The van der Waals surface area contributed by atoms with Crippen molar-refractivity contribution in [3.05, 3.63) is 0 Å². The lowest BCUT2D eigenvalue weighted by atomic mass is 9.95. The average molecular weight is 471 g/mol. The molecule has 3 fully saturated rings. The lowest BCUT2D eigenvalue weighted by Crippen LogP contribution is -2.67. The summed E-state index contributed by atoms with van der Waals surface area (Å²) < 4.78 is 21.9. The van der Waals surface area contributed by atoms with E-state index in [9.17, 15) is 46.0 Å². The molecule has 0 saturated carbocycles. The summed E-state index contributed by atoms with van der Waals surface area (Å²) in [6, 6.07) is -0.803. The fourth-order valence-corrected chi connectivity index (χ4v) is 4.08. The van der Waals surface area contributed by atoms with Gasteiger partial charge in [-0.2, -0.15) is 0 Å². The molecule has 14 atom stereocenters. The number of hydrogen-bond acceptors (Lipinski definition) is 14. The summed E-state index contributed by atoms with van der Waals surface area (Å²) in [5.41, 5.74) is 0. The fraction of sp³-hybridized carbons (Fsp3) is 1.00. The van der Waals surface area contributed by atoms with Crippen molar-refractivity contribution in [1.82, 2.24) is 5.32 Å².